The average Bonchev–Trinajstić information content (AvgIpc) is 2.19. The first-order valence-electron chi connectivity index (χ1n) is 4.46. The second-order valence-electron chi connectivity index (χ2n) is 3.17. The molecule has 1 N–H and O–H groups in total. The summed E-state index contributed by atoms with van der Waals surface area (Å²) in [5.41, 5.74) is 0.900. The van der Waals surface area contributed by atoms with Crippen LogP contribution in [0.2, 0.25) is 0 Å². The lowest BCUT2D eigenvalue weighted by molar-refractivity contribution is 0.0742. The molecule has 0 saturated carbocycles. The van der Waals surface area contributed by atoms with Crippen molar-refractivity contribution in [3.05, 3.63) is 35.6 Å². The van der Waals surface area contributed by atoms with E-state index < -0.39 is 0 Å². The van der Waals surface area contributed by atoms with E-state index in [4.69, 9.17) is 9.47 Å². The zero-order chi connectivity index (χ0) is 9.97. The normalized spacial score (nSPS) is 19.5. The molecule has 2 rings (SSSR count). The molecule has 1 unspecified atom stereocenters. The third-order valence-corrected chi connectivity index (χ3v) is 2.14. The second-order valence-corrected chi connectivity index (χ2v) is 3.17. The molecule has 0 spiro atoms. The SMILES string of the molecule is COCC1Oc2ccccc2C=C1O. The lowest BCUT2D eigenvalue weighted by atomic mass is 10.1. The van der Waals surface area contributed by atoms with E-state index in [0.717, 1.165) is 11.3 Å². The van der Waals surface area contributed by atoms with Crippen molar-refractivity contribution in [3.63, 3.8) is 0 Å². The zero-order valence-electron chi connectivity index (χ0n) is 7.93. The Morgan fingerprint density at radius 2 is 2.21 bits per heavy atom. The Balaban J connectivity index is 2.29. The quantitative estimate of drug-likeness (QED) is 0.778. The summed E-state index contributed by atoms with van der Waals surface area (Å²) >= 11 is 0. The third-order valence-electron chi connectivity index (χ3n) is 2.14. The number of ether oxygens (including phenoxy) is 2. The number of hydrogen-bond acceptors (Lipinski definition) is 3. The van der Waals surface area contributed by atoms with Crippen LogP contribution in [0.25, 0.3) is 6.08 Å². The lowest BCUT2D eigenvalue weighted by Crippen LogP contribution is -2.27. The van der Waals surface area contributed by atoms with Gasteiger partial charge in [0.25, 0.3) is 0 Å². The van der Waals surface area contributed by atoms with Crippen LogP contribution >= 0.6 is 0 Å². The number of hydrogen-bond donors (Lipinski definition) is 1. The molecule has 0 bridgehead atoms. The molecule has 3 heteroatoms. The van der Waals surface area contributed by atoms with Crippen molar-refractivity contribution >= 4 is 6.08 Å². The van der Waals surface area contributed by atoms with Crippen LogP contribution in [0.15, 0.2) is 30.0 Å². The van der Waals surface area contributed by atoms with Crippen molar-refractivity contribution in [2.75, 3.05) is 13.7 Å². The van der Waals surface area contributed by atoms with Crippen LogP contribution < -0.4 is 4.74 Å². The molecule has 1 aliphatic heterocycles. The van der Waals surface area contributed by atoms with E-state index in [1.54, 1.807) is 13.2 Å². The van der Waals surface area contributed by atoms with E-state index in [9.17, 15) is 5.11 Å². The summed E-state index contributed by atoms with van der Waals surface area (Å²) in [7, 11) is 1.58. The van der Waals surface area contributed by atoms with Gasteiger partial charge in [-0.15, -0.1) is 0 Å². The average molecular weight is 192 g/mol. The van der Waals surface area contributed by atoms with Gasteiger partial charge in [0.05, 0.1) is 6.61 Å². The van der Waals surface area contributed by atoms with Crippen molar-refractivity contribution < 1.29 is 14.6 Å². The van der Waals surface area contributed by atoms with E-state index >= 15 is 0 Å². The van der Waals surface area contributed by atoms with Gasteiger partial charge in [0.15, 0.2) is 6.10 Å². The van der Waals surface area contributed by atoms with Gasteiger partial charge in [0.1, 0.15) is 11.5 Å². The molecule has 1 heterocycles. The predicted octanol–water partition coefficient (Wildman–Crippen LogP) is 1.99. The molecular formula is C11H12O3. The molecular weight excluding hydrogens is 180 g/mol. The zero-order valence-corrected chi connectivity index (χ0v) is 7.93. The van der Waals surface area contributed by atoms with E-state index in [0.29, 0.717) is 6.61 Å². The van der Waals surface area contributed by atoms with Crippen molar-refractivity contribution in [2.45, 2.75) is 6.10 Å². The fourth-order valence-corrected chi connectivity index (χ4v) is 1.44. The topological polar surface area (TPSA) is 38.7 Å². The summed E-state index contributed by atoms with van der Waals surface area (Å²) in [5, 5.41) is 9.60. The molecule has 3 nitrogen and oxygen atoms in total. The van der Waals surface area contributed by atoms with Gasteiger partial charge >= 0.3 is 0 Å². The Hall–Kier alpha value is -1.48. The first-order chi connectivity index (χ1) is 6.81. The first-order valence-corrected chi connectivity index (χ1v) is 4.46. The summed E-state index contributed by atoms with van der Waals surface area (Å²) in [6, 6.07) is 7.58. The molecule has 0 amide bonds. The van der Waals surface area contributed by atoms with Gasteiger partial charge in [-0.05, 0) is 12.1 Å². The van der Waals surface area contributed by atoms with Crippen LogP contribution in [0, 0.1) is 0 Å². The van der Waals surface area contributed by atoms with Gasteiger partial charge in [-0.3, -0.25) is 0 Å². The number of rotatable bonds is 2. The molecule has 1 aromatic rings. The minimum atomic E-state index is -0.380. The number of para-hydroxylation sites is 1. The maximum atomic E-state index is 9.60. The highest BCUT2D eigenvalue weighted by atomic mass is 16.5. The van der Waals surface area contributed by atoms with Crippen molar-refractivity contribution in [1.29, 1.82) is 0 Å². The van der Waals surface area contributed by atoms with Crippen molar-refractivity contribution in [1.82, 2.24) is 0 Å². The van der Waals surface area contributed by atoms with Crippen LogP contribution in [-0.2, 0) is 4.74 Å². The number of methoxy groups -OCH3 is 1. The van der Waals surface area contributed by atoms with Gasteiger partial charge in [-0.2, -0.15) is 0 Å². The molecule has 0 saturated heterocycles. The summed E-state index contributed by atoms with van der Waals surface area (Å²) in [5.74, 6) is 0.998. The Bertz CT molecular complexity index is 357. The Morgan fingerprint density at radius 3 is 3.00 bits per heavy atom. The van der Waals surface area contributed by atoms with E-state index in [-0.39, 0.29) is 11.9 Å². The minimum absolute atomic E-state index is 0.213. The molecule has 74 valence electrons. The lowest BCUT2D eigenvalue weighted by Gasteiger charge is -2.23. The van der Waals surface area contributed by atoms with Gasteiger partial charge in [0, 0.05) is 12.7 Å². The summed E-state index contributed by atoms with van der Waals surface area (Å²) < 4.78 is 10.5. The molecule has 0 aromatic heterocycles. The van der Waals surface area contributed by atoms with Crippen molar-refractivity contribution in [2.24, 2.45) is 0 Å². The number of benzene rings is 1. The highest BCUT2D eigenvalue weighted by molar-refractivity contribution is 5.61. The summed E-state index contributed by atoms with van der Waals surface area (Å²) in [6.07, 6.45) is 1.33. The third kappa shape index (κ3) is 1.59. The maximum absolute atomic E-state index is 9.60. The minimum Gasteiger partial charge on any atom is -0.508 e. The van der Waals surface area contributed by atoms with Crippen LogP contribution in [0.3, 0.4) is 0 Å². The van der Waals surface area contributed by atoms with Gasteiger partial charge in [0.2, 0.25) is 0 Å². The molecule has 0 fully saturated rings. The Kier molecular flexibility index (Phi) is 2.41. The second kappa shape index (κ2) is 3.72. The number of aliphatic hydroxyl groups is 1. The van der Waals surface area contributed by atoms with Crippen LogP contribution in [0.4, 0.5) is 0 Å². The highest BCUT2D eigenvalue weighted by Crippen LogP contribution is 2.28. The molecule has 14 heavy (non-hydrogen) atoms. The highest BCUT2D eigenvalue weighted by Gasteiger charge is 2.21. The van der Waals surface area contributed by atoms with E-state index in [2.05, 4.69) is 0 Å². The maximum Gasteiger partial charge on any atom is 0.178 e. The summed E-state index contributed by atoms with van der Waals surface area (Å²) in [4.78, 5) is 0. The fraction of sp³-hybridized carbons (Fsp3) is 0.273. The summed E-state index contributed by atoms with van der Waals surface area (Å²) in [6.45, 7) is 0.358. The van der Waals surface area contributed by atoms with Crippen molar-refractivity contribution in [3.8, 4) is 5.75 Å². The van der Waals surface area contributed by atoms with Gasteiger partial charge in [-0.1, -0.05) is 18.2 Å². The monoisotopic (exact) mass is 192 g/mol. The van der Waals surface area contributed by atoms with Gasteiger partial charge < -0.3 is 14.6 Å². The molecule has 0 aliphatic carbocycles. The molecule has 1 aromatic carbocycles. The van der Waals surface area contributed by atoms with Gasteiger partial charge in [-0.25, -0.2) is 0 Å². The molecule has 1 atom stereocenters. The van der Waals surface area contributed by atoms with E-state index in [1.807, 2.05) is 24.3 Å². The number of aliphatic hydroxyl groups excluding tert-OH is 1. The largest absolute Gasteiger partial charge is 0.508 e. The van der Waals surface area contributed by atoms with Crippen LogP contribution in [0.5, 0.6) is 5.75 Å². The number of fused-ring (bicyclic) bond motifs is 1. The standard InChI is InChI=1S/C11H12O3/c1-13-7-11-9(12)6-8-4-2-3-5-10(8)14-11/h2-6,11-12H,7H2,1H3. The first kappa shape index (κ1) is 9.09. The van der Waals surface area contributed by atoms with Crippen LogP contribution in [-0.4, -0.2) is 24.9 Å². The van der Waals surface area contributed by atoms with E-state index in [1.165, 1.54) is 0 Å². The predicted molar refractivity (Wildman–Crippen MR) is 53.3 cm³/mol. The smallest absolute Gasteiger partial charge is 0.178 e. The molecule has 1 aliphatic rings. The Morgan fingerprint density at radius 1 is 1.43 bits per heavy atom. The molecule has 0 radical (unpaired) electrons. The Labute approximate surface area is 82.6 Å². The van der Waals surface area contributed by atoms with Crippen LogP contribution in [0.1, 0.15) is 5.56 Å². The fourth-order valence-electron chi connectivity index (χ4n) is 1.44.